The van der Waals surface area contributed by atoms with E-state index in [4.69, 9.17) is 9.47 Å². The Morgan fingerprint density at radius 1 is 0.938 bits per heavy atom. The number of para-hydroxylation sites is 1. The maximum atomic E-state index is 12.7. The van der Waals surface area contributed by atoms with Crippen LogP contribution in [0.1, 0.15) is 15.9 Å². The third-order valence-corrected chi connectivity index (χ3v) is 4.74. The highest BCUT2D eigenvalue weighted by Gasteiger charge is 2.29. The van der Waals surface area contributed by atoms with Crippen LogP contribution in [0, 0.1) is 6.92 Å². The standard InChI is InChI=1S/C24H22N2O6/c1-15-10-12-16(13-11-15)25-20-17(22(27)28)8-6-9-19(20)26-14-5-4-7-18(23(29)31-2)21(26)24(30)32-3/h4-14,25H,1-3H3,(H,27,28). The van der Waals surface area contributed by atoms with Crippen molar-refractivity contribution >= 4 is 35.0 Å². The number of methoxy groups -OCH3 is 2. The van der Waals surface area contributed by atoms with E-state index in [2.05, 4.69) is 5.32 Å². The maximum absolute atomic E-state index is 12.7. The first-order valence-corrected chi connectivity index (χ1v) is 9.62. The normalized spacial score (nSPS) is 12.9. The van der Waals surface area contributed by atoms with Gasteiger partial charge >= 0.3 is 17.9 Å². The molecule has 0 fully saturated rings. The third-order valence-electron chi connectivity index (χ3n) is 4.74. The molecule has 2 aromatic rings. The van der Waals surface area contributed by atoms with Crippen LogP contribution in [0.5, 0.6) is 0 Å². The summed E-state index contributed by atoms with van der Waals surface area (Å²) in [5.41, 5.74) is 2.10. The minimum Gasteiger partial charge on any atom is -0.478 e. The van der Waals surface area contributed by atoms with Crippen LogP contribution in [0.4, 0.5) is 17.1 Å². The fraction of sp³-hybridized carbons (Fsp3) is 0.125. The number of esters is 2. The summed E-state index contributed by atoms with van der Waals surface area (Å²) in [6.07, 6.45) is 6.16. The maximum Gasteiger partial charge on any atom is 0.355 e. The van der Waals surface area contributed by atoms with Crippen molar-refractivity contribution in [3.63, 3.8) is 0 Å². The van der Waals surface area contributed by atoms with Crippen molar-refractivity contribution in [1.29, 1.82) is 0 Å². The Balaban J connectivity index is 2.25. The molecule has 1 heterocycles. The van der Waals surface area contributed by atoms with E-state index >= 15 is 0 Å². The highest BCUT2D eigenvalue weighted by molar-refractivity contribution is 6.07. The Morgan fingerprint density at radius 2 is 1.62 bits per heavy atom. The predicted molar refractivity (Wildman–Crippen MR) is 120 cm³/mol. The van der Waals surface area contributed by atoms with Gasteiger partial charge < -0.3 is 24.8 Å². The fourth-order valence-electron chi connectivity index (χ4n) is 3.18. The van der Waals surface area contributed by atoms with Gasteiger partial charge in [0, 0.05) is 11.9 Å². The van der Waals surface area contributed by atoms with Gasteiger partial charge in [-0.1, -0.05) is 29.8 Å². The smallest absolute Gasteiger partial charge is 0.355 e. The van der Waals surface area contributed by atoms with Crippen LogP contribution < -0.4 is 10.2 Å². The van der Waals surface area contributed by atoms with Crippen molar-refractivity contribution in [2.45, 2.75) is 6.92 Å². The van der Waals surface area contributed by atoms with Gasteiger partial charge in [-0.05, 0) is 43.3 Å². The van der Waals surface area contributed by atoms with E-state index in [1.165, 1.54) is 31.3 Å². The summed E-state index contributed by atoms with van der Waals surface area (Å²) in [6.45, 7) is 1.94. The van der Waals surface area contributed by atoms with Crippen LogP contribution in [-0.2, 0) is 19.1 Å². The minimum atomic E-state index is -1.16. The van der Waals surface area contributed by atoms with E-state index in [0.717, 1.165) is 5.56 Å². The molecule has 164 valence electrons. The van der Waals surface area contributed by atoms with Gasteiger partial charge in [-0.2, -0.15) is 0 Å². The van der Waals surface area contributed by atoms with Gasteiger partial charge in [0.05, 0.1) is 36.7 Å². The number of aryl methyl sites for hydroxylation is 1. The number of nitrogens with one attached hydrogen (secondary N) is 1. The van der Waals surface area contributed by atoms with E-state index in [0.29, 0.717) is 11.4 Å². The molecule has 32 heavy (non-hydrogen) atoms. The van der Waals surface area contributed by atoms with E-state index in [1.807, 2.05) is 31.2 Å². The lowest BCUT2D eigenvalue weighted by atomic mass is 10.1. The van der Waals surface area contributed by atoms with Gasteiger partial charge in [0.1, 0.15) is 5.70 Å². The van der Waals surface area contributed by atoms with Gasteiger partial charge in [-0.3, -0.25) is 0 Å². The van der Waals surface area contributed by atoms with Gasteiger partial charge in [0.25, 0.3) is 0 Å². The number of carboxylic acid groups (broad SMARTS) is 1. The van der Waals surface area contributed by atoms with Crippen molar-refractivity contribution in [2.24, 2.45) is 0 Å². The van der Waals surface area contributed by atoms with Gasteiger partial charge in [0.2, 0.25) is 0 Å². The number of rotatable bonds is 6. The second kappa shape index (κ2) is 9.65. The Labute approximate surface area is 185 Å². The molecular weight excluding hydrogens is 412 g/mol. The SMILES string of the molecule is COC(=O)C1=C(C(=O)OC)N(c2cccc(C(=O)O)c2Nc2ccc(C)cc2)C=CC=C1. The second-order valence-corrected chi connectivity index (χ2v) is 6.81. The Morgan fingerprint density at radius 3 is 2.25 bits per heavy atom. The molecule has 0 amide bonds. The zero-order valence-electron chi connectivity index (χ0n) is 17.8. The molecule has 0 saturated heterocycles. The number of ether oxygens (including phenoxy) is 2. The van der Waals surface area contributed by atoms with Gasteiger partial charge in [-0.15, -0.1) is 0 Å². The number of hydrogen-bond acceptors (Lipinski definition) is 7. The monoisotopic (exact) mass is 434 g/mol. The number of hydrogen-bond donors (Lipinski definition) is 2. The number of carbonyl (C=O) groups excluding carboxylic acids is 2. The lowest BCUT2D eigenvalue weighted by Gasteiger charge is -2.26. The molecule has 0 atom stereocenters. The number of benzene rings is 2. The number of nitrogens with zero attached hydrogens (tertiary/aromatic N) is 1. The highest BCUT2D eigenvalue weighted by Crippen LogP contribution is 2.36. The number of anilines is 3. The first-order valence-electron chi connectivity index (χ1n) is 9.62. The second-order valence-electron chi connectivity index (χ2n) is 6.81. The van der Waals surface area contributed by atoms with Crippen molar-refractivity contribution in [3.8, 4) is 0 Å². The summed E-state index contributed by atoms with van der Waals surface area (Å²) in [5.74, 6) is -2.68. The van der Waals surface area contributed by atoms with E-state index in [9.17, 15) is 19.5 Å². The summed E-state index contributed by atoms with van der Waals surface area (Å²) < 4.78 is 9.75. The molecule has 8 heteroatoms. The first-order chi connectivity index (χ1) is 15.4. The van der Waals surface area contributed by atoms with Gasteiger partial charge in [0.15, 0.2) is 0 Å². The Kier molecular flexibility index (Phi) is 6.74. The molecule has 2 aromatic carbocycles. The van der Waals surface area contributed by atoms with Crippen molar-refractivity contribution < 1.29 is 29.0 Å². The topological polar surface area (TPSA) is 105 Å². The van der Waals surface area contributed by atoms with Crippen LogP contribution in [-0.4, -0.2) is 37.2 Å². The molecule has 0 saturated carbocycles. The molecule has 2 N–H and O–H groups in total. The molecule has 0 spiro atoms. The average Bonchev–Trinajstić information content (AvgIpc) is 3.02. The van der Waals surface area contributed by atoms with Crippen LogP contribution in [0.15, 0.2) is 78.2 Å². The van der Waals surface area contributed by atoms with Crippen molar-refractivity contribution in [2.75, 3.05) is 24.4 Å². The molecule has 0 unspecified atom stereocenters. The molecule has 1 aliphatic rings. The lowest BCUT2D eigenvalue weighted by molar-refractivity contribution is -0.139. The summed E-state index contributed by atoms with van der Waals surface area (Å²) >= 11 is 0. The zero-order valence-corrected chi connectivity index (χ0v) is 17.8. The summed E-state index contributed by atoms with van der Waals surface area (Å²) in [4.78, 5) is 38.5. The van der Waals surface area contributed by atoms with E-state index < -0.39 is 17.9 Å². The number of carbonyl (C=O) groups is 3. The number of carboxylic acids is 1. The molecule has 0 bridgehead atoms. The van der Waals surface area contributed by atoms with Gasteiger partial charge in [-0.25, -0.2) is 14.4 Å². The molecule has 3 rings (SSSR count). The summed E-state index contributed by atoms with van der Waals surface area (Å²) in [6, 6.07) is 12.0. The Bertz CT molecular complexity index is 1150. The van der Waals surface area contributed by atoms with Crippen LogP contribution in [0.2, 0.25) is 0 Å². The van der Waals surface area contributed by atoms with Crippen LogP contribution in [0.3, 0.4) is 0 Å². The number of allylic oxidation sites excluding steroid dienone is 2. The van der Waals surface area contributed by atoms with Crippen LogP contribution >= 0.6 is 0 Å². The summed E-state index contributed by atoms with van der Waals surface area (Å²) in [7, 11) is 2.40. The van der Waals surface area contributed by atoms with Crippen molar-refractivity contribution in [3.05, 3.63) is 89.3 Å². The first kappa shape index (κ1) is 22.4. The number of aromatic carboxylic acids is 1. The van der Waals surface area contributed by atoms with Crippen molar-refractivity contribution in [1.82, 2.24) is 0 Å². The Hall–Kier alpha value is -4.33. The van der Waals surface area contributed by atoms with E-state index in [-0.39, 0.29) is 22.5 Å². The molecule has 0 aliphatic carbocycles. The quantitative estimate of drug-likeness (QED) is 0.659. The summed E-state index contributed by atoms with van der Waals surface area (Å²) in [5, 5.41) is 12.9. The third kappa shape index (κ3) is 4.54. The molecule has 0 radical (unpaired) electrons. The predicted octanol–water partition coefficient (Wildman–Crippen LogP) is 3.93. The largest absolute Gasteiger partial charge is 0.478 e. The molecule has 1 aliphatic heterocycles. The molecule has 0 aromatic heterocycles. The molecule has 8 nitrogen and oxygen atoms in total. The minimum absolute atomic E-state index is 0.0162. The zero-order chi connectivity index (χ0) is 23.3. The van der Waals surface area contributed by atoms with Crippen LogP contribution in [0.25, 0.3) is 0 Å². The highest BCUT2D eigenvalue weighted by atomic mass is 16.5. The molecular formula is C24H22N2O6. The average molecular weight is 434 g/mol. The fourth-order valence-corrected chi connectivity index (χ4v) is 3.18. The van der Waals surface area contributed by atoms with E-state index in [1.54, 1.807) is 30.5 Å². The lowest BCUT2D eigenvalue weighted by Crippen LogP contribution is -2.27.